The molecule has 0 N–H and O–H groups in total. The van der Waals surface area contributed by atoms with Gasteiger partial charge in [0.25, 0.3) is 0 Å². The number of ether oxygens (including phenoxy) is 2. The zero-order valence-electron chi connectivity index (χ0n) is 11.6. The fraction of sp³-hybridized carbons (Fsp3) is 0.929. The Hall–Kier alpha value is -0.570. The predicted molar refractivity (Wildman–Crippen MR) is 71.6 cm³/mol. The molecule has 1 aliphatic heterocycles. The van der Waals surface area contributed by atoms with Crippen LogP contribution in [0, 0.1) is 5.92 Å². The van der Waals surface area contributed by atoms with E-state index in [-0.39, 0.29) is 0 Å². The molecule has 1 unspecified atom stereocenters. The van der Waals surface area contributed by atoms with Crippen molar-refractivity contribution in [3.05, 3.63) is 0 Å². The van der Waals surface area contributed by atoms with Crippen molar-refractivity contribution in [2.75, 3.05) is 20.3 Å². The highest BCUT2D eigenvalue weighted by molar-refractivity contribution is 5.77. The molecule has 1 atom stereocenters. The van der Waals surface area contributed by atoms with Gasteiger partial charge in [0.15, 0.2) is 5.90 Å². The lowest BCUT2D eigenvalue weighted by Gasteiger charge is -2.06. The monoisotopic (exact) mass is 241 g/mol. The summed E-state index contributed by atoms with van der Waals surface area (Å²) in [5, 5.41) is 0. The second kappa shape index (κ2) is 8.51. The van der Waals surface area contributed by atoms with Crippen LogP contribution in [0.1, 0.15) is 52.4 Å². The van der Waals surface area contributed by atoms with E-state index in [9.17, 15) is 0 Å². The van der Waals surface area contributed by atoms with E-state index in [4.69, 9.17) is 9.47 Å². The molecular weight excluding hydrogens is 214 g/mol. The van der Waals surface area contributed by atoms with Crippen LogP contribution in [0.4, 0.5) is 0 Å². The Balaban J connectivity index is 1.98. The van der Waals surface area contributed by atoms with Crippen LogP contribution in [0.5, 0.6) is 0 Å². The first-order chi connectivity index (χ1) is 8.24. The minimum Gasteiger partial charge on any atom is -0.479 e. The first-order valence-electron chi connectivity index (χ1n) is 6.92. The summed E-state index contributed by atoms with van der Waals surface area (Å²) in [6.07, 6.45) is 7.26. The third-order valence-electron chi connectivity index (χ3n) is 3.24. The summed E-state index contributed by atoms with van der Waals surface area (Å²) in [7, 11) is 1.76. The molecule has 0 aromatic heterocycles. The quantitative estimate of drug-likeness (QED) is 0.579. The van der Waals surface area contributed by atoms with E-state index < -0.39 is 0 Å². The zero-order chi connectivity index (χ0) is 12.5. The Kier molecular flexibility index (Phi) is 7.25. The van der Waals surface area contributed by atoms with Gasteiger partial charge in [0.2, 0.25) is 0 Å². The molecular formula is C14H27NO2. The molecule has 1 heterocycles. The van der Waals surface area contributed by atoms with Crippen molar-refractivity contribution < 1.29 is 9.47 Å². The van der Waals surface area contributed by atoms with Gasteiger partial charge in [0.05, 0.1) is 6.04 Å². The average molecular weight is 241 g/mol. The number of methoxy groups -OCH3 is 1. The van der Waals surface area contributed by atoms with E-state index in [1.807, 2.05) is 0 Å². The third-order valence-corrected chi connectivity index (χ3v) is 3.24. The van der Waals surface area contributed by atoms with E-state index in [1.165, 1.54) is 32.1 Å². The normalized spacial score (nSPS) is 19.5. The number of aliphatic imine (C=N–C) groups is 1. The zero-order valence-corrected chi connectivity index (χ0v) is 11.6. The fourth-order valence-electron chi connectivity index (χ4n) is 1.97. The molecule has 0 saturated heterocycles. The molecule has 0 aromatic carbocycles. The predicted octanol–water partition coefficient (Wildman–Crippen LogP) is 3.43. The van der Waals surface area contributed by atoms with Crippen LogP contribution in [0.3, 0.4) is 0 Å². The number of nitrogens with zero attached hydrogens (tertiary/aromatic N) is 1. The van der Waals surface area contributed by atoms with Crippen LogP contribution < -0.4 is 0 Å². The van der Waals surface area contributed by atoms with Gasteiger partial charge in [0, 0.05) is 20.1 Å². The molecule has 0 fully saturated rings. The van der Waals surface area contributed by atoms with Crippen molar-refractivity contribution in [3.8, 4) is 0 Å². The molecule has 0 aliphatic carbocycles. The molecule has 0 amide bonds. The summed E-state index contributed by atoms with van der Waals surface area (Å²) in [4.78, 5) is 4.61. The van der Waals surface area contributed by atoms with Gasteiger partial charge in [-0.05, 0) is 18.8 Å². The van der Waals surface area contributed by atoms with Crippen molar-refractivity contribution in [2.45, 2.75) is 58.4 Å². The number of hydrogen-bond donors (Lipinski definition) is 0. The molecule has 17 heavy (non-hydrogen) atoms. The SMILES string of the molecule is COCCCCCCCC1=NC(C(C)C)CO1. The lowest BCUT2D eigenvalue weighted by Crippen LogP contribution is -2.13. The molecule has 1 aliphatic rings. The second-order valence-electron chi connectivity index (χ2n) is 5.16. The van der Waals surface area contributed by atoms with Crippen LogP contribution >= 0.6 is 0 Å². The summed E-state index contributed by atoms with van der Waals surface area (Å²) < 4.78 is 10.6. The Labute approximate surface area is 106 Å². The molecule has 100 valence electrons. The van der Waals surface area contributed by atoms with Crippen molar-refractivity contribution in [1.82, 2.24) is 0 Å². The van der Waals surface area contributed by atoms with Gasteiger partial charge in [0.1, 0.15) is 6.61 Å². The summed E-state index contributed by atoms with van der Waals surface area (Å²) >= 11 is 0. The standard InChI is InChI=1S/C14H27NO2/c1-12(2)13-11-17-14(15-13)9-7-5-4-6-8-10-16-3/h12-13H,4-11H2,1-3H3. The molecule has 0 bridgehead atoms. The number of hydrogen-bond acceptors (Lipinski definition) is 3. The summed E-state index contributed by atoms with van der Waals surface area (Å²) in [6.45, 7) is 6.10. The summed E-state index contributed by atoms with van der Waals surface area (Å²) in [5.74, 6) is 1.59. The molecule has 1 rings (SSSR count). The maximum atomic E-state index is 5.60. The third kappa shape index (κ3) is 6.06. The smallest absolute Gasteiger partial charge is 0.183 e. The maximum absolute atomic E-state index is 5.60. The van der Waals surface area contributed by atoms with Crippen LogP contribution in [0.25, 0.3) is 0 Å². The molecule has 3 heteroatoms. The van der Waals surface area contributed by atoms with Gasteiger partial charge in [-0.15, -0.1) is 0 Å². The molecule has 0 radical (unpaired) electrons. The van der Waals surface area contributed by atoms with Gasteiger partial charge in [-0.3, -0.25) is 0 Å². The van der Waals surface area contributed by atoms with Gasteiger partial charge < -0.3 is 9.47 Å². The van der Waals surface area contributed by atoms with E-state index in [0.29, 0.717) is 12.0 Å². The first kappa shape index (κ1) is 14.5. The number of unbranched alkanes of at least 4 members (excludes halogenated alkanes) is 4. The van der Waals surface area contributed by atoms with E-state index in [2.05, 4.69) is 18.8 Å². The molecule has 0 spiro atoms. The second-order valence-corrected chi connectivity index (χ2v) is 5.16. The molecule has 3 nitrogen and oxygen atoms in total. The van der Waals surface area contributed by atoms with Crippen LogP contribution in [0.2, 0.25) is 0 Å². The van der Waals surface area contributed by atoms with Crippen LogP contribution in [0.15, 0.2) is 4.99 Å². The highest BCUT2D eigenvalue weighted by Crippen LogP contribution is 2.16. The van der Waals surface area contributed by atoms with E-state index in [1.54, 1.807) is 7.11 Å². The highest BCUT2D eigenvalue weighted by atomic mass is 16.5. The average Bonchev–Trinajstić information content (AvgIpc) is 2.77. The highest BCUT2D eigenvalue weighted by Gasteiger charge is 2.20. The van der Waals surface area contributed by atoms with Crippen molar-refractivity contribution in [3.63, 3.8) is 0 Å². The minimum atomic E-state index is 0.395. The van der Waals surface area contributed by atoms with Crippen molar-refractivity contribution >= 4 is 5.90 Å². The largest absolute Gasteiger partial charge is 0.479 e. The van der Waals surface area contributed by atoms with Crippen LogP contribution in [-0.2, 0) is 9.47 Å². The van der Waals surface area contributed by atoms with Gasteiger partial charge in [-0.2, -0.15) is 0 Å². The Morgan fingerprint density at radius 2 is 1.94 bits per heavy atom. The Bertz CT molecular complexity index is 226. The van der Waals surface area contributed by atoms with Gasteiger partial charge >= 0.3 is 0 Å². The van der Waals surface area contributed by atoms with Crippen LogP contribution in [-0.4, -0.2) is 32.3 Å². The van der Waals surface area contributed by atoms with E-state index >= 15 is 0 Å². The van der Waals surface area contributed by atoms with Crippen molar-refractivity contribution in [1.29, 1.82) is 0 Å². The number of rotatable bonds is 9. The fourth-order valence-corrected chi connectivity index (χ4v) is 1.97. The lowest BCUT2D eigenvalue weighted by atomic mass is 10.1. The topological polar surface area (TPSA) is 30.8 Å². The minimum absolute atomic E-state index is 0.395. The Morgan fingerprint density at radius 1 is 1.24 bits per heavy atom. The van der Waals surface area contributed by atoms with Crippen molar-refractivity contribution in [2.24, 2.45) is 10.9 Å². The molecule has 0 saturated carbocycles. The first-order valence-corrected chi connectivity index (χ1v) is 6.92. The lowest BCUT2D eigenvalue weighted by molar-refractivity contribution is 0.192. The van der Waals surface area contributed by atoms with Gasteiger partial charge in [-0.1, -0.05) is 33.1 Å². The Morgan fingerprint density at radius 3 is 2.59 bits per heavy atom. The maximum Gasteiger partial charge on any atom is 0.183 e. The summed E-state index contributed by atoms with van der Waals surface area (Å²) in [6, 6.07) is 0.395. The van der Waals surface area contributed by atoms with Gasteiger partial charge in [-0.25, -0.2) is 4.99 Å². The molecule has 0 aromatic rings. The summed E-state index contributed by atoms with van der Waals surface area (Å²) in [5.41, 5.74) is 0. The van der Waals surface area contributed by atoms with E-state index in [0.717, 1.165) is 25.5 Å².